The fraction of sp³-hybridized carbons (Fsp3) is 0.100. The lowest BCUT2D eigenvalue weighted by Gasteiger charge is -2.01. The number of rotatable bonds is 4. The first-order chi connectivity index (χ1) is 15.2. The molecule has 5 aromatic rings. The lowest BCUT2D eigenvalue weighted by Crippen LogP contribution is -1.99. The van der Waals surface area contributed by atoms with Gasteiger partial charge >= 0.3 is 0 Å². The summed E-state index contributed by atoms with van der Waals surface area (Å²) in [7, 11) is 0. The normalized spacial score (nSPS) is 11.4. The van der Waals surface area contributed by atoms with E-state index in [-0.39, 0.29) is 5.82 Å². The highest BCUT2D eigenvalue weighted by molar-refractivity contribution is 5.71. The van der Waals surface area contributed by atoms with Gasteiger partial charge in [0, 0.05) is 18.0 Å². The zero-order valence-electron chi connectivity index (χ0n) is 16.6. The summed E-state index contributed by atoms with van der Waals surface area (Å²) < 4.78 is 3.22. The monoisotopic (exact) mass is 409 g/mol. The van der Waals surface area contributed by atoms with Crippen LogP contribution < -0.4 is 0 Å². The van der Waals surface area contributed by atoms with Crippen LogP contribution in [-0.4, -0.2) is 39.6 Å². The molecule has 5 rings (SSSR count). The van der Waals surface area contributed by atoms with Gasteiger partial charge in [0.05, 0.1) is 24.2 Å². The first-order valence-electron chi connectivity index (χ1n) is 9.31. The van der Waals surface area contributed by atoms with Gasteiger partial charge in [0.1, 0.15) is 0 Å². The highest BCUT2D eigenvalue weighted by Crippen LogP contribution is 2.36. The van der Waals surface area contributed by atoms with Crippen molar-refractivity contribution in [3.63, 3.8) is 0 Å². The molecule has 31 heavy (non-hydrogen) atoms. The van der Waals surface area contributed by atoms with Gasteiger partial charge in [0.25, 0.3) is 5.69 Å². The Kier molecular flexibility index (Phi) is 4.30. The number of aromatic nitrogens is 8. The van der Waals surface area contributed by atoms with Crippen molar-refractivity contribution in [3.8, 4) is 17.2 Å². The minimum Gasteiger partial charge on any atom is -0.293 e. The van der Waals surface area contributed by atoms with Gasteiger partial charge < -0.3 is 0 Å². The second-order valence-corrected chi connectivity index (χ2v) is 6.68. The van der Waals surface area contributed by atoms with Crippen molar-refractivity contribution in [2.75, 3.05) is 0 Å². The SMILES string of the molecule is [C-]#[N+]c1c(C)nn(-c2cnccn2)c1N=Nc1c(C)[nH]n2c(-c3ccccc3)nnc12. The maximum atomic E-state index is 7.53. The van der Waals surface area contributed by atoms with Gasteiger partial charge in [-0.3, -0.25) is 10.1 Å². The van der Waals surface area contributed by atoms with Crippen LogP contribution in [0, 0.1) is 20.4 Å². The highest BCUT2D eigenvalue weighted by atomic mass is 15.4. The maximum Gasteiger partial charge on any atom is 0.255 e. The van der Waals surface area contributed by atoms with Crippen LogP contribution >= 0.6 is 0 Å². The summed E-state index contributed by atoms with van der Waals surface area (Å²) in [5.41, 5.74) is 3.57. The van der Waals surface area contributed by atoms with E-state index in [0.717, 1.165) is 11.3 Å². The van der Waals surface area contributed by atoms with Gasteiger partial charge in [-0.05, 0) is 13.8 Å². The lowest BCUT2D eigenvalue weighted by molar-refractivity contribution is 0.819. The molecule has 0 saturated carbocycles. The molecule has 150 valence electrons. The Morgan fingerprint density at radius 3 is 2.65 bits per heavy atom. The number of aryl methyl sites for hydroxylation is 2. The van der Waals surface area contributed by atoms with E-state index in [2.05, 4.69) is 45.4 Å². The smallest absolute Gasteiger partial charge is 0.255 e. The number of nitrogens with zero attached hydrogens (tertiary/aromatic N) is 10. The second-order valence-electron chi connectivity index (χ2n) is 6.68. The molecule has 0 atom stereocenters. The Morgan fingerprint density at radius 1 is 1.06 bits per heavy atom. The van der Waals surface area contributed by atoms with E-state index in [0.29, 0.717) is 34.4 Å². The first-order valence-corrected chi connectivity index (χ1v) is 9.31. The molecule has 1 N–H and O–H groups in total. The molecular weight excluding hydrogens is 394 g/mol. The third kappa shape index (κ3) is 3.03. The molecule has 0 aliphatic heterocycles. The molecule has 4 heterocycles. The van der Waals surface area contributed by atoms with Crippen LogP contribution in [0.15, 0.2) is 59.2 Å². The largest absolute Gasteiger partial charge is 0.293 e. The van der Waals surface area contributed by atoms with Crippen LogP contribution in [0.4, 0.5) is 17.2 Å². The molecule has 0 fully saturated rings. The average molecular weight is 409 g/mol. The Balaban J connectivity index is 1.62. The van der Waals surface area contributed by atoms with Gasteiger partial charge in [-0.2, -0.15) is 5.10 Å². The third-order valence-electron chi connectivity index (χ3n) is 4.67. The van der Waals surface area contributed by atoms with E-state index in [1.807, 2.05) is 37.3 Å². The minimum absolute atomic E-state index is 0.273. The van der Waals surface area contributed by atoms with E-state index in [1.54, 1.807) is 30.0 Å². The lowest BCUT2D eigenvalue weighted by atomic mass is 10.2. The highest BCUT2D eigenvalue weighted by Gasteiger charge is 2.20. The van der Waals surface area contributed by atoms with E-state index in [1.165, 1.54) is 4.68 Å². The molecule has 1 aromatic carbocycles. The fourth-order valence-electron chi connectivity index (χ4n) is 3.21. The van der Waals surface area contributed by atoms with Crippen LogP contribution in [0.2, 0.25) is 0 Å². The standard InChI is InChI=1S/C20H15N11/c1-12-16(21-3)19(30(28-12)15-11-22-9-10-23-15)26-24-17-13(2)29-31-18(25-27-20(17)31)14-7-5-4-6-8-14/h4-11,29H,1-2H3. The Labute approximate surface area is 175 Å². The van der Waals surface area contributed by atoms with Gasteiger partial charge in [0.15, 0.2) is 23.1 Å². The van der Waals surface area contributed by atoms with Crippen molar-refractivity contribution in [2.24, 2.45) is 10.2 Å². The molecule has 0 unspecified atom stereocenters. The fourth-order valence-corrected chi connectivity index (χ4v) is 3.21. The Hall–Kier alpha value is -4.72. The molecule has 0 aliphatic carbocycles. The maximum absolute atomic E-state index is 7.53. The zero-order valence-corrected chi connectivity index (χ0v) is 16.6. The predicted molar refractivity (Wildman–Crippen MR) is 112 cm³/mol. The molecule has 11 nitrogen and oxygen atoms in total. The molecule has 4 aromatic heterocycles. The summed E-state index contributed by atoms with van der Waals surface area (Å²) >= 11 is 0. The van der Waals surface area contributed by atoms with Crippen LogP contribution in [0.5, 0.6) is 0 Å². The molecule has 0 aliphatic rings. The number of aromatic amines is 1. The Morgan fingerprint density at radius 2 is 1.90 bits per heavy atom. The molecule has 11 heteroatoms. The number of hydrogen-bond acceptors (Lipinski definition) is 7. The molecule has 0 spiro atoms. The molecule has 0 bridgehead atoms. The quantitative estimate of drug-likeness (QED) is 0.351. The predicted octanol–water partition coefficient (Wildman–Crippen LogP) is 4.28. The zero-order chi connectivity index (χ0) is 21.4. The van der Waals surface area contributed by atoms with Crippen LogP contribution in [0.3, 0.4) is 0 Å². The summed E-state index contributed by atoms with van der Waals surface area (Å²) in [6.07, 6.45) is 4.65. The van der Waals surface area contributed by atoms with Crippen LogP contribution in [0.25, 0.3) is 27.7 Å². The summed E-state index contributed by atoms with van der Waals surface area (Å²) in [4.78, 5) is 11.9. The van der Waals surface area contributed by atoms with Crippen molar-refractivity contribution in [1.29, 1.82) is 0 Å². The number of fused-ring (bicyclic) bond motifs is 1. The van der Waals surface area contributed by atoms with E-state index in [4.69, 9.17) is 6.57 Å². The van der Waals surface area contributed by atoms with Crippen LogP contribution in [-0.2, 0) is 0 Å². The average Bonchev–Trinajstić information content (AvgIpc) is 3.44. The van der Waals surface area contributed by atoms with Gasteiger partial charge in [-0.15, -0.1) is 20.4 Å². The van der Waals surface area contributed by atoms with Crippen molar-refractivity contribution in [2.45, 2.75) is 13.8 Å². The Bertz CT molecular complexity index is 1450. The summed E-state index contributed by atoms with van der Waals surface area (Å²) in [5.74, 6) is 1.39. The number of azo groups is 1. The van der Waals surface area contributed by atoms with Crippen LogP contribution in [0.1, 0.15) is 11.4 Å². The number of hydrogen-bond donors (Lipinski definition) is 1. The molecule has 0 radical (unpaired) electrons. The van der Waals surface area contributed by atoms with Crippen molar-refractivity contribution in [1.82, 2.24) is 39.6 Å². The van der Waals surface area contributed by atoms with Gasteiger partial charge in [-0.1, -0.05) is 30.3 Å². The van der Waals surface area contributed by atoms with Crippen molar-refractivity contribution in [3.05, 3.63) is 71.7 Å². The number of H-pyrrole nitrogens is 1. The third-order valence-corrected chi connectivity index (χ3v) is 4.67. The van der Waals surface area contributed by atoms with E-state index >= 15 is 0 Å². The van der Waals surface area contributed by atoms with E-state index < -0.39 is 0 Å². The first kappa shape index (κ1) is 18.3. The summed E-state index contributed by atoms with van der Waals surface area (Å²) in [6, 6.07) is 9.73. The van der Waals surface area contributed by atoms with Crippen molar-refractivity contribution >= 4 is 22.8 Å². The number of benzene rings is 1. The molecular formula is C20H15N11. The van der Waals surface area contributed by atoms with Gasteiger partial charge in [0.2, 0.25) is 5.65 Å². The summed E-state index contributed by atoms with van der Waals surface area (Å²) in [6.45, 7) is 11.1. The van der Waals surface area contributed by atoms with Crippen molar-refractivity contribution < 1.29 is 0 Å². The van der Waals surface area contributed by atoms with Gasteiger partial charge in [-0.25, -0.2) is 19.0 Å². The topological polar surface area (TPSA) is 119 Å². The summed E-state index contributed by atoms with van der Waals surface area (Å²) in [5, 5.41) is 24.9. The minimum atomic E-state index is 0.273. The molecule has 0 saturated heterocycles. The molecule has 0 amide bonds. The van der Waals surface area contributed by atoms with E-state index in [9.17, 15) is 0 Å². The second kappa shape index (κ2) is 7.27. The number of nitrogens with one attached hydrogen (secondary N) is 1.